The lowest BCUT2D eigenvalue weighted by Gasteiger charge is -2.15. The van der Waals surface area contributed by atoms with E-state index in [0.29, 0.717) is 23.3 Å². The van der Waals surface area contributed by atoms with Gasteiger partial charge in [0.1, 0.15) is 5.69 Å². The van der Waals surface area contributed by atoms with E-state index in [-0.39, 0.29) is 18.0 Å². The molecule has 3 aromatic rings. The molecule has 0 spiro atoms. The second-order valence-corrected chi connectivity index (χ2v) is 6.80. The van der Waals surface area contributed by atoms with Gasteiger partial charge in [-0.2, -0.15) is 0 Å². The number of hydrogen-bond donors (Lipinski definition) is 1. The van der Waals surface area contributed by atoms with Crippen LogP contribution in [0.1, 0.15) is 28.9 Å². The number of aromatic nitrogens is 1. The molecule has 27 heavy (non-hydrogen) atoms. The monoisotopic (exact) mass is 373 g/mol. The van der Waals surface area contributed by atoms with E-state index in [2.05, 4.69) is 10.2 Å². The van der Waals surface area contributed by atoms with Crippen LogP contribution < -0.4 is 5.32 Å². The summed E-state index contributed by atoms with van der Waals surface area (Å²) >= 11 is 0. The number of benzene rings is 1. The third kappa shape index (κ3) is 3.60. The second-order valence-electron chi connectivity index (χ2n) is 6.80. The third-order valence-electron chi connectivity index (χ3n) is 5.03. The van der Waals surface area contributed by atoms with E-state index >= 15 is 0 Å². The van der Waals surface area contributed by atoms with Crippen LogP contribution in [-0.4, -0.2) is 41.6 Å². The first-order chi connectivity index (χ1) is 13.1. The lowest BCUT2D eigenvalue weighted by Crippen LogP contribution is -2.34. The molecule has 1 aliphatic rings. The lowest BCUT2D eigenvalue weighted by atomic mass is 10.2. The van der Waals surface area contributed by atoms with Crippen LogP contribution in [0.25, 0.3) is 11.1 Å². The summed E-state index contributed by atoms with van der Waals surface area (Å²) in [5.74, 6) is -2.06. The largest absolute Gasteiger partial charge is 0.463 e. The van der Waals surface area contributed by atoms with E-state index in [1.165, 1.54) is 31.2 Å². The molecule has 2 aromatic heterocycles. The van der Waals surface area contributed by atoms with Gasteiger partial charge in [-0.25, -0.2) is 8.78 Å². The number of carbonyl (C=O) groups is 1. The molecular weight excluding hydrogens is 352 g/mol. The van der Waals surface area contributed by atoms with Gasteiger partial charge in [-0.15, -0.1) is 0 Å². The zero-order chi connectivity index (χ0) is 18.8. The van der Waals surface area contributed by atoms with Gasteiger partial charge in [-0.3, -0.25) is 4.79 Å². The van der Waals surface area contributed by atoms with Gasteiger partial charge >= 0.3 is 0 Å². The molecule has 142 valence electrons. The van der Waals surface area contributed by atoms with Gasteiger partial charge in [0.15, 0.2) is 17.2 Å². The predicted molar refractivity (Wildman–Crippen MR) is 97.7 cm³/mol. The van der Waals surface area contributed by atoms with E-state index in [1.54, 1.807) is 16.7 Å². The molecule has 0 bridgehead atoms. The molecule has 5 nitrogen and oxygen atoms in total. The van der Waals surface area contributed by atoms with Crippen molar-refractivity contribution in [2.24, 2.45) is 0 Å². The van der Waals surface area contributed by atoms with Gasteiger partial charge in [0.05, 0.1) is 18.3 Å². The van der Waals surface area contributed by atoms with Gasteiger partial charge in [-0.05, 0) is 32.0 Å². The summed E-state index contributed by atoms with van der Waals surface area (Å²) in [6, 6.07) is 7.40. The zero-order valence-electron chi connectivity index (χ0n) is 14.9. The van der Waals surface area contributed by atoms with Crippen molar-refractivity contribution >= 4 is 17.0 Å². The Morgan fingerprint density at radius 2 is 2.00 bits per heavy atom. The minimum absolute atomic E-state index is 0.0432. The first-order valence-corrected chi connectivity index (χ1v) is 9.13. The summed E-state index contributed by atoms with van der Waals surface area (Å²) < 4.78 is 34.7. The molecule has 0 saturated carbocycles. The lowest BCUT2D eigenvalue weighted by molar-refractivity contribution is 0.0941. The van der Waals surface area contributed by atoms with Gasteiger partial charge in [0.2, 0.25) is 0 Å². The van der Waals surface area contributed by atoms with Crippen molar-refractivity contribution < 1.29 is 18.0 Å². The van der Waals surface area contributed by atoms with Crippen LogP contribution in [0.4, 0.5) is 8.78 Å². The number of rotatable bonds is 6. The van der Waals surface area contributed by atoms with E-state index in [0.717, 1.165) is 25.7 Å². The van der Waals surface area contributed by atoms with Crippen LogP contribution in [0.3, 0.4) is 0 Å². The molecule has 1 N–H and O–H groups in total. The quantitative estimate of drug-likeness (QED) is 0.721. The fourth-order valence-corrected chi connectivity index (χ4v) is 3.60. The van der Waals surface area contributed by atoms with Crippen molar-refractivity contribution in [1.29, 1.82) is 0 Å². The van der Waals surface area contributed by atoms with Crippen LogP contribution in [0, 0.1) is 11.6 Å². The average Bonchev–Trinajstić information content (AvgIpc) is 3.37. The molecule has 0 atom stereocenters. The highest BCUT2D eigenvalue weighted by Gasteiger charge is 2.20. The Hall–Kier alpha value is -2.67. The summed E-state index contributed by atoms with van der Waals surface area (Å²) in [4.78, 5) is 15.0. The molecule has 0 radical (unpaired) electrons. The van der Waals surface area contributed by atoms with E-state index in [4.69, 9.17) is 4.42 Å². The number of nitrogens with zero attached hydrogens (tertiary/aromatic N) is 2. The van der Waals surface area contributed by atoms with Crippen LogP contribution in [-0.2, 0) is 6.54 Å². The predicted octanol–water partition coefficient (Wildman–Crippen LogP) is 3.39. The maximum atomic E-state index is 14.1. The molecule has 0 aliphatic carbocycles. The van der Waals surface area contributed by atoms with Crippen LogP contribution in [0.15, 0.2) is 41.0 Å². The fourth-order valence-electron chi connectivity index (χ4n) is 3.60. The van der Waals surface area contributed by atoms with Crippen molar-refractivity contribution in [3.05, 3.63) is 59.5 Å². The van der Waals surface area contributed by atoms with Crippen molar-refractivity contribution in [1.82, 2.24) is 14.8 Å². The maximum Gasteiger partial charge on any atom is 0.268 e. The van der Waals surface area contributed by atoms with E-state index in [1.807, 2.05) is 0 Å². The molecule has 1 aromatic carbocycles. The smallest absolute Gasteiger partial charge is 0.268 e. The van der Waals surface area contributed by atoms with Gasteiger partial charge in [0.25, 0.3) is 5.91 Å². The molecule has 1 amide bonds. The van der Waals surface area contributed by atoms with Gasteiger partial charge in [-0.1, -0.05) is 12.1 Å². The summed E-state index contributed by atoms with van der Waals surface area (Å²) in [6.07, 6.45) is 3.91. The Morgan fingerprint density at radius 1 is 1.19 bits per heavy atom. The minimum atomic E-state index is -0.903. The summed E-state index contributed by atoms with van der Waals surface area (Å²) in [5, 5.41) is 2.92. The SMILES string of the molecule is O=C(NCCN1CCCC1)c1cc2occc2n1Cc1cccc(F)c1F. The van der Waals surface area contributed by atoms with E-state index < -0.39 is 11.6 Å². The number of furan rings is 1. The normalized spacial score (nSPS) is 14.9. The summed E-state index contributed by atoms with van der Waals surface area (Å²) in [6.45, 7) is 3.53. The third-order valence-corrected chi connectivity index (χ3v) is 5.03. The maximum absolute atomic E-state index is 14.1. The highest BCUT2D eigenvalue weighted by molar-refractivity contribution is 5.97. The Labute approximate surface area is 155 Å². The standard InChI is InChI=1S/C20H21F2N3O2/c21-15-5-3-4-14(19(15)22)13-25-16-6-11-27-18(16)12-17(25)20(26)23-7-10-24-8-1-2-9-24/h3-6,11-12H,1-2,7-10,13H2,(H,23,26). The molecule has 3 heterocycles. The van der Waals surface area contributed by atoms with Crippen LogP contribution in [0.5, 0.6) is 0 Å². The zero-order valence-corrected chi connectivity index (χ0v) is 14.9. The van der Waals surface area contributed by atoms with Crippen LogP contribution in [0.2, 0.25) is 0 Å². The second kappa shape index (κ2) is 7.52. The number of likely N-dealkylation sites (tertiary alicyclic amines) is 1. The molecule has 1 aliphatic heterocycles. The van der Waals surface area contributed by atoms with Crippen molar-refractivity contribution in [2.45, 2.75) is 19.4 Å². The first-order valence-electron chi connectivity index (χ1n) is 9.13. The number of halogens is 2. The Balaban J connectivity index is 1.55. The average molecular weight is 373 g/mol. The molecule has 1 fully saturated rings. The minimum Gasteiger partial charge on any atom is -0.463 e. The Kier molecular flexibility index (Phi) is 4.94. The molecule has 7 heteroatoms. The molecular formula is C20H21F2N3O2. The fraction of sp³-hybridized carbons (Fsp3) is 0.350. The van der Waals surface area contributed by atoms with Crippen molar-refractivity contribution in [3.8, 4) is 0 Å². The summed E-state index contributed by atoms with van der Waals surface area (Å²) in [5.41, 5.74) is 1.76. The van der Waals surface area contributed by atoms with Gasteiger partial charge in [0, 0.05) is 30.8 Å². The van der Waals surface area contributed by atoms with Crippen molar-refractivity contribution in [3.63, 3.8) is 0 Å². The molecule has 0 unspecified atom stereocenters. The number of amides is 1. The van der Waals surface area contributed by atoms with Crippen LogP contribution >= 0.6 is 0 Å². The molecule has 4 rings (SSSR count). The van der Waals surface area contributed by atoms with Gasteiger partial charge < -0.3 is 19.2 Å². The van der Waals surface area contributed by atoms with E-state index in [9.17, 15) is 13.6 Å². The highest BCUT2D eigenvalue weighted by atomic mass is 19.2. The Bertz CT molecular complexity index is 957. The summed E-state index contributed by atoms with van der Waals surface area (Å²) in [7, 11) is 0. The number of hydrogen-bond acceptors (Lipinski definition) is 3. The van der Waals surface area contributed by atoms with Crippen molar-refractivity contribution in [2.75, 3.05) is 26.2 Å². The number of fused-ring (bicyclic) bond motifs is 1. The molecule has 1 saturated heterocycles. The highest BCUT2D eigenvalue weighted by Crippen LogP contribution is 2.24. The number of carbonyl (C=O) groups excluding carboxylic acids is 1. The topological polar surface area (TPSA) is 50.4 Å². The Morgan fingerprint density at radius 3 is 2.81 bits per heavy atom. The number of nitrogens with one attached hydrogen (secondary N) is 1. The first kappa shape index (κ1) is 17.7.